The second-order valence-electron chi connectivity index (χ2n) is 10.9. The number of methoxy groups -OCH3 is 1. The fourth-order valence-electron chi connectivity index (χ4n) is 5.76. The molecular formula is C33H46N2O7. The quantitative estimate of drug-likeness (QED) is 0.255. The molecule has 4 rings (SSSR count). The van der Waals surface area contributed by atoms with E-state index < -0.39 is 5.92 Å². The van der Waals surface area contributed by atoms with Crippen LogP contribution in [0, 0.1) is 5.92 Å². The van der Waals surface area contributed by atoms with Crippen molar-refractivity contribution in [2.75, 3.05) is 53.3 Å². The Morgan fingerprint density at radius 1 is 0.976 bits per heavy atom. The predicted molar refractivity (Wildman–Crippen MR) is 160 cm³/mol. The molecule has 230 valence electrons. The number of esters is 1. The highest BCUT2D eigenvalue weighted by Crippen LogP contribution is 2.42. The molecule has 0 radical (unpaired) electrons. The van der Waals surface area contributed by atoms with Gasteiger partial charge in [0.25, 0.3) is 0 Å². The van der Waals surface area contributed by atoms with Gasteiger partial charge in [0.1, 0.15) is 5.75 Å². The zero-order valence-electron chi connectivity index (χ0n) is 25.5. The summed E-state index contributed by atoms with van der Waals surface area (Å²) in [5.41, 5.74) is 1.96. The summed E-state index contributed by atoms with van der Waals surface area (Å²) in [4.78, 5) is 31.3. The summed E-state index contributed by atoms with van der Waals surface area (Å²) < 4.78 is 28.3. The third kappa shape index (κ3) is 7.95. The first-order valence-corrected chi connectivity index (χ1v) is 15.3. The summed E-state index contributed by atoms with van der Waals surface area (Å²) in [5.74, 6) is 1.26. The first-order chi connectivity index (χ1) is 20.5. The van der Waals surface area contributed by atoms with Gasteiger partial charge in [0.15, 0.2) is 11.5 Å². The number of amides is 1. The predicted octanol–water partition coefficient (Wildman–Crippen LogP) is 5.02. The van der Waals surface area contributed by atoms with Gasteiger partial charge in [-0.05, 0) is 55.2 Å². The SMILES string of the molecule is CCCCN(CCCC)C(=O)CN1CC(c2ccc3c(c2)OCO3)[C@@H](C(=O)OCC)C1COCc1ccc(OC)cc1. The van der Waals surface area contributed by atoms with Crippen LogP contribution in [0.25, 0.3) is 0 Å². The van der Waals surface area contributed by atoms with Gasteiger partial charge in [0.05, 0.1) is 39.4 Å². The summed E-state index contributed by atoms with van der Waals surface area (Å²) >= 11 is 0. The molecule has 1 saturated heterocycles. The van der Waals surface area contributed by atoms with E-state index in [4.69, 9.17) is 23.7 Å². The molecule has 1 fully saturated rings. The molecule has 2 heterocycles. The number of carbonyl (C=O) groups excluding carboxylic acids is 2. The molecule has 2 aromatic carbocycles. The molecule has 2 aliphatic heterocycles. The minimum atomic E-state index is -0.506. The Labute approximate surface area is 250 Å². The number of fused-ring (bicyclic) bond motifs is 1. The van der Waals surface area contributed by atoms with E-state index >= 15 is 0 Å². The minimum absolute atomic E-state index is 0.0889. The lowest BCUT2D eigenvalue weighted by molar-refractivity contribution is -0.150. The number of unbranched alkanes of at least 4 members (excludes halogenated alkanes) is 2. The summed E-state index contributed by atoms with van der Waals surface area (Å²) in [6.45, 7) is 9.46. The lowest BCUT2D eigenvalue weighted by Crippen LogP contribution is -2.46. The number of benzene rings is 2. The fraction of sp³-hybridized carbons (Fsp3) is 0.576. The van der Waals surface area contributed by atoms with Crippen molar-refractivity contribution in [1.29, 1.82) is 0 Å². The van der Waals surface area contributed by atoms with Crippen molar-refractivity contribution in [3.8, 4) is 17.2 Å². The molecule has 0 saturated carbocycles. The average molecular weight is 583 g/mol. The highest BCUT2D eigenvalue weighted by Gasteiger charge is 2.48. The van der Waals surface area contributed by atoms with Gasteiger partial charge in [0, 0.05) is 31.6 Å². The summed E-state index contributed by atoms with van der Waals surface area (Å²) in [5, 5.41) is 0. The number of nitrogens with zero attached hydrogens (tertiary/aromatic N) is 2. The number of carbonyl (C=O) groups is 2. The Kier molecular flexibility index (Phi) is 11.9. The van der Waals surface area contributed by atoms with Gasteiger partial charge < -0.3 is 28.6 Å². The Bertz CT molecular complexity index is 1150. The standard InChI is InChI=1S/C33H46N2O7/c1-5-8-16-34(17-9-6-2)31(36)20-35-19-27(25-12-15-29-30(18-25)42-23-41-29)32(33(37)40-7-3)28(35)22-39-21-24-10-13-26(38-4)14-11-24/h10-15,18,27-28,32H,5-9,16-17,19-23H2,1-4H3/t27?,28?,32-/m1/s1. The number of rotatable bonds is 16. The van der Waals surface area contributed by atoms with E-state index in [1.54, 1.807) is 7.11 Å². The molecule has 0 N–H and O–H groups in total. The van der Waals surface area contributed by atoms with Crippen LogP contribution in [0.5, 0.6) is 17.2 Å². The van der Waals surface area contributed by atoms with Crippen LogP contribution in [0.2, 0.25) is 0 Å². The third-order valence-corrected chi connectivity index (χ3v) is 8.10. The summed E-state index contributed by atoms with van der Waals surface area (Å²) in [7, 11) is 1.64. The van der Waals surface area contributed by atoms with Crippen molar-refractivity contribution in [2.45, 2.75) is 65.0 Å². The molecule has 2 aromatic rings. The average Bonchev–Trinajstić information content (AvgIpc) is 3.62. The minimum Gasteiger partial charge on any atom is -0.497 e. The second-order valence-corrected chi connectivity index (χ2v) is 10.9. The van der Waals surface area contributed by atoms with E-state index in [9.17, 15) is 9.59 Å². The lowest BCUT2D eigenvalue weighted by Gasteiger charge is -2.30. The van der Waals surface area contributed by atoms with Crippen LogP contribution in [0.3, 0.4) is 0 Å². The third-order valence-electron chi connectivity index (χ3n) is 8.10. The molecule has 3 atom stereocenters. The monoisotopic (exact) mass is 582 g/mol. The number of hydrogen-bond donors (Lipinski definition) is 0. The first-order valence-electron chi connectivity index (χ1n) is 15.3. The lowest BCUT2D eigenvalue weighted by atomic mass is 9.85. The Morgan fingerprint density at radius 3 is 2.36 bits per heavy atom. The van der Waals surface area contributed by atoms with E-state index in [0.717, 1.165) is 55.6 Å². The van der Waals surface area contributed by atoms with Crippen molar-refractivity contribution in [2.24, 2.45) is 5.92 Å². The maximum absolute atomic E-state index is 13.7. The van der Waals surface area contributed by atoms with Crippen molar-refractivity contribution in [1.82, 2.24) is 9.80 Å². The zero-order valence-corrected chi connectivity index (χ0v) is 25.5. The molecule has 0 bridgehead atoms. The Hall–Kier alpha value is -3.30. The summed E-state index contributed by atoms with van der Waals surface area (Å²) in [6, 6.07) is 13.2. The first kappa shape index (κ1) is 31.6. The highest BCUT2D eigenvalue weighted by atomic mass is 16.7. The normalized spacial score (nSPS) is 19.6. The molecule has 2 aliphatic rings. The van der Waals surface area contributed by atoms with Crippen LogP contribution in [0.1, 0.15) is 63.5 Å². The number of likely N-dealkylation sites (tertiary alicyclic amines) is 1. The molecule has 0 aliphatic carbocycles. The highest BCUT2D eigenvalue weighted by molar-refractivity contribution is 5.79. The molecule has 2 unspecified atom stereocenters. The van der Waals surface area contributed by atoms with E-state index in [2.05, 4.69) is 18.7 Å². The van der Waals surface area contributed by atoms with Gasteiger partial charge in [-0.2, -0.15) is 0 Å². The van der Waals surface area contributed by atoms with E-state index in [1.165, 1.54) is 0 Å². The maximum Gasteiger partial charge on any atom is 0.311 e. The second kappa shape index (κ2) is 15.8. The van der Waals surface area contributed by atoms with E-state index in [1.807, 2.05) is 54.3 Å². The molecular weight excluding hydrogens is 536 g/mol. The fourth-order valence-corrected chi connectivity index (χ4v) is 5.76. The van der Waals surface area contributed by atoms with Crippen molar-refractivity contribution < 1.29 is 33.3 Å². The molecule has 0 spiro atoms. The Balaban J connectivity index is 1.59. The summed E-state index contributed by atoms with van der Waals surface area (Å²) in [6.07, 6.45) is 3.99. The smallest absolute Gasteiger partial charge is 0.311 e. The number of ether oxygens (including phenoxy) is 5. The van der Waals surface area contributed by atoms with Crippen molar-refractivity contribution >= 4 is 11.9 Å². The maximum atomic E-state index is 13.7. The van der Waals surface area contributed by atoms with Crippen LogP contribution in [0.4, 0.5) is 0 Å². The molecule has 0 aromatic heterocycles. The van der Waals surface area contributed by atoms with Gasteiger partial charge in [-0.25, -0.2) is 0 Å². The largest absolute Gasteiger partial charge is 0.497 e. The molecule has 1 amide bonds. The van der Waals surface area contributed by atoms with Crippen molar-refractivity contribution in [3.63, 3.8) is 0 Å². The van der Waals surface area contributed by atoms with Crippen LogP contribution >= 0.6 is 0 Å². The van der Waals surface area contributed by atoms with Gasteiger partial charge >= 0.3 is 5.97 Å². The van der Waals surface area contributed by atoms with Crippen molar-refractivity contribution in [3.05, 3.63) is 53.6 Å². The van der Waals surface area contributed by atoms with E-state index in [0.29, 0.717) is 24.7 Å². The van der Waals surface area contributed by atoms with Crippen LogP contribution in [-0.2, 0) is 25.7 Å². The molecule has 9 heteroatoms. The number of hydrogen-bond acceptors (Lipinski definition) is 8. The molecule has 9 nitrogen and oxygen atoms in total. The van der Waals surface area contributed by atoms with E-state index in [-0.39, 0.29) is 50.4 Å². The zero-order chi connectivity index (χ0) is 29.9. The van der Waals surface area contributed by atoms with Gasteiger partial charge in [-0.15, -0.1) is 0 Å². The van der Waals surface area contributed by atoms with Gasteiger partial charge in [0.2, 0.25) is 12.7 Å². The van der Waals surface area contributed by atoms with Gasteiger partial charge in [-0.1, -0.05) is 44.9 Å². The Morgan fingerprint density at radius 2 is 1.69 bits per heavy atom. The topological polar surface area (TPSA) is 86.8 Å². The molecule has 42 heavy (non-hydrogen) atoms. The van der Waals surface area contributed by atoms with Crippen LogP contribution < -0.4 is 14.2 Å². The van der Waals surface area contributed by atoms with Gasteiger partial charge in [-0.3, -0.25) is 14.5 Å². The van der Waals surface area contributed by atoms with Crippen LogP contribution in [-0.4, -0.2) is 81.0 Å². The van der Waals surface area contributed by atoms with Crippen LogP contribution in [0.15, 0.2) is 42.5 Å².